The molecule has 13 heavy (non-hydrogen) atoms. The van der Waals surface area contributed by atoms with Crippen molar-refractivity contribution in [1.29, 1.82) is 0 Å². The molecular weight excluding hydrogens is 162 g/mol. The van der Waals surface area contributed by atoms with Gasteiger partial charge in [-0.15, -0.1) is 0 Å². The third-order valence-electron chi connectivity index (χ3n) is 2.55. The highest BCUT2D eigenvalue weighted by Crippen LogP contribution is 2.40. The molecule has 0 aromatic carbocycles. The molecule has 1 saturated heterocycles. The van der Waals surface area contributed by atoms with E-state index in [-0.39, 0.29) is 5.91 Å². The lowest BCUT2D eigenvalue weighted by Crippen LogP contribution is -2.57. The van der Waals surface area contributed by atoms with Gasteiger partial charge in [-0.1, -0.05) is 27.7 Å². The molecule has 1 aliphatic rings. The van der Waals surface area contributed by atoms with Crippen molar-refractivity contribution in [2.75, 3.05) is 13.1 Å². The highest BCUT2D eigenvalue weighted by Gasteiger charge is 2.42. The lowest BCUT2D eigenvalue weighted by molar-refractivity contribution is -0.141. The maximum atomic E-state index is 11.0. The van der Waals surface area contributed by atoms with Crippen molar-refractivity contribution in [2.45, 2.75) is 41.0 Å². The Kier molecular flexibility index (Phi) is 2.44. The maximum Gasteiger partial charge on any atom is 0.219 e. The van der Waals surface area contributed by atoms with Crippen molar-refractivity contribution in [3.05, 3.63) is 0 Å². The number of carbonyl (C=O) groups excluding carboxylic acids is 1. The Morgan fingerprint density at radius 2 is 1.85 bits per heavy atom. The van der Waals surface area contributed by atoms with Crippen LogP contribution in [0.25, 0.3) is 0 Å². The first-order chi connectivity index (χ1) is 5.72. The molecule has 1 rings (SSSR count). The Balaban J connectivity index is 2.43. The molecule has 1 amide bonds. The first kappa shape index (κ1) is 10.6. The number of amides is 1. The quantitative estimate of drug-likeness (QED) is 0.611. The van der Waals surface area contributed by atoms with Crippen LogP contribution in [-0.2, 0) is 4.79 Å². The Bertz CT molecular complexity index is 209. The van der Waals surface area contributed by atoms with Crippen LogP contribution in [0.5, 0.6) is 0 Å². The summed E-state index contributed by atoms with van der Waals surface area (Å²) in [5.41, 5.74) is 0.738. The lowest BCUT2D eigenvalue weighted by Gasteiger charge is -2.50. The summed E-state index contributed by atoms with van der Waals surface area (Å²) in [6.45, 7) is 12.6. The zero-order valence-corrected chi connectivity index (χ0v) is 9.48. The van der Waals surface area contributed by atoms with Crippen molar-refractivity contribution < 1.29 is 4.79 Å². The third kappa shape index (κ3) is 2.71. The fourth-order valence-corrected chi connectivity index (χ4v) is 2.49. The second kappa shape index (κ2) is 3.00. The van der Waals surface area contributed by atoms with Gasteiger partial charge in [0.25, 0.3) is 0 Å². The van der Waals surface area contributed by atoms with Crippen LogP contribution in [0.3, 0.4) is 0 Å². The minimum absolute atomic E-state index is 0.214. The largest absolute Gasteiger partial charge is 0.342 e. The van der Waals surface area contributed by atoms with Gasteiger partial charge in [0, 0.05) is 25.4 Å². The number of hydrogen-bond acceptors (Lipinski definition) is 1. The first-order valence-electron chi connectivity index (χ1n) is 4.97. The standard InChI is InChI=1S/C11H21NO/c1-9(13)12-7-11(5,8-12)6-10(2,3)4/h6-8H2,1-5H3. The van der Waals surface area contributed by atoms with E-state index in [9.17, 15) is 4.79 Å². The Hall–Kier alpha value is -0.530. The highest BCUT2D eigenvalue weighted by molar-refractivity contribution is 5.74. The van der Waals surface area contributed by atoms with Gasteiger partial charge < -0.3 is 4.90 Å². The van der Waals surface area contributed by atoms with Crippen molar-refractivity contribution in [3.63, 3.8) is 0 Å². The summed E-state index contributed by atoms with van der Waals surface area (Å²) in [7, 11) is 0. The summed E-state index contributed by atoms with van der Waals surface area (Å²) in [4.78, 5) is 12.9. The zero-order chi connectivity index (χ0) is 10.3. The van der Waals surface area contributed by atoms with Gasteiger partial charge in [-0.2, -0.15) is 0 Å². The lowest BCUT2D eigenvalue weighted by atomic mass is 9.70. The average molecular weight is 183 g/mol. The molecule has 0 aliphatic carbocycles. The molecule has 0 spiro atoms. The minimum atomic E-state index is 0.214. The predicted molar refractivity (Wildman–Crippen MR) is 54.4 cm³/mol. The zero-order valence-electron chi connectivity index (χ0n) is 9.48. The summed E-state index contributed by atoms with van der Waals surface area (Å²) in [5.74, 6) is 0.214. The van der Waals surface area contributed by atoms with E-state index >= 15 is 0 Å². The van der Waals surface area contributed by atoms with Gasteiger partial charge in [0.2, 0.25) is 5.91 Å². The van der Waals surface area contributed by atoms with E-state index < -0.39 is 0 Å². The van der Waals surface area contributed by atoms with Crippen LogP contribution in [0, 0.1) is 10.8 Å². The van der Waals surface area contributed by atoms with Crippen LogP contribution in [0.4, 0.5) is 0 Å². The average Bonchev–Trinajstić information content (AvgIpc) is 1.77. The molecule has 1 fully saturated rings. The Morgan fingerprint density at radius 1 is 1.38 bits per heavy atom. The van der Waals surface area contributed by atoms with Crippen molar-refractivity contribution in [3.8, 4) is 0 Å². The molecule has 0 radical (unpaired) electrons. The molecule has 0 N–H and O–H groups in total. The number of carbonyl (C=O) groups is 1. The molecular formula is C11H21NO. The van der Waals surface area contributed by atoms with E-state index in [0.717, 1.165) is 13.1 Å². The molecule has 2 nitrogen and oxygen atoms in total. The fourth-order valence-electron chi connectivity index (χ4n) is 2.49. The Morgan fingerprint density at radius 3 is 2.15 bits per heavy atom. The van der Waals surface area contributed by atoms with E-state index in [1.807, 2.05) is 4.90 Å². The number of nitrogens with zero attached hydrogens (tertiary/aromatic N) is 1. The van der Waals surface area contributed by atoms with Gasteiger partial charge in [0.1, 0.15) is 0 Å². The highest BCUT2D eigenvalue weighted by atomic mass is 16.2. The summed E-state index contributed by atoms with van der Waals surface area (Å²) < 4.78 is 0. The number of rotatable bonds is 1. The number of likely N-dealkylation sites (tertiary alicyclic amines) is 1. The molecule has 2 heteroatoms. The predicted octanol–water partition coefficient (Wildman–Crippen LogP) is 2.29. The Labute approximate surface area is 81.3 Å². The van der Waals surface area contributed by atoms with Crippen LogP contribution >= 0.6 is 0 Å². The SMILES string of the molecule is CC(=O)N1CC(C)(CC(C)(C)C)C1. The molecule has 0 atom stereocenters. The molecule has 0 saturated carbocycles. The molecule has 1 heterocycles. The first-order valence-corrected chi connectivity index (χ1v) is 4.97. The second-order valence-corrected chi connectivity index (χ2v) is 5.92. The van der Waals surface area contributed by atoms with E-state index in [4.69, 9.17) is 0 Å². The van der Waals surface area contributed by atoms with Crippen LogP contribution in [0.2, 0.25) is 0 Å². The van der Waals surface area contributed by atoms with Gasteiger partial charge in [0.15, 0.2) is 0 Å². The third-order valence-corrected chi connectivity index (χ3v) is 2.55. The van der Waals surface area contributed by atoms with Gasteiger partial charge >= 0.3 is 0 Å². The molecule has 0 bridgehead atoms. The van der Waals surface area contributed by atoms with Crippen molar-refractivity contribution in [2.24, 2.45) is 10.8 Å². The molecule has 76 valence electrons. The molecule has 0 unspecified atom stereocenters. The van der Waals surface area contributed by atoms with Crippen LogP contribution < -0.4 is 0 Å². The fraction of sp³-hybridized carbons (Fsp3) is 0.909. The van der Waals surface area contributed by atoms with Crippen molar-refractivity contribution in [1.82, 2.24) is 4.90 Å². The van der Waals surface area contributed by atoms with Crippen LogP contribution in [-0.4, -0.2) is 23.9 Å². The topological polar surface area (TPSA) is 20.3 Å². The van der Waals surface area contributed by atoms with Gasteiger partial charge in [-0.25, -0.2) is 0 Å². The van der Waals surface area contributed by atoms with Gasteiger partial charge in [-0.05, 0) is 11.8 Å². The van der Waals surface area contributed by atoms with Gasteiger partial charge in [0.05, 0.1) is 0 Å². The molecule has 0 aromatic rings. The normalized spacial score (nSPS) is 21.2. The smallest absolute Gasteiger partial charge is 0.219 e. The maximum absolute atomic E-state index is 11.0. The van der Waals surface area contributed by atoms with E-state index in [0.29, 0.717) is 10.8 Å². The summed E-state index contributed by atoms with van der Waals surface area (Å²) in [6.07, 6.45) is 1.20. The van der Waals surface area contributed by atoms with Gasteiger partial charge in [-0.3, -0.25) is 4.79 Å². The monoisotopic (exact) mass is 183 g/mol. The summed E-state index contributed by atoms with van der Waals surface area (Å²) >= 11 is 0. The second-order valence-electron chi connectivity index (χ2n) is 5.92. The van der Waals surface area contributed by atoms with E-state index in [1.54, 1.807) is 6.92 Å². The van der Waals surface area contributed by atoms with E-state index in [1.165, 1.54) is 6.42 Å². The van der Waals surface area contributed by atoms with Crippen molar-refractivity contribution >= 4 is 5.91 Å². The minimum Gasteiger partial charge on any atom is -0.342 e. The van der Waals surface area contributed by atoms with E-state index in [2.05, 4.69) is 27.7 Å². The molecule has 0 aromatic heterocycles. The molecule has 1 aliphatic heterocycles. The summed E-state index contributed by atoms with van der Waals surface area (Å²) in [5, 5.41) is 0. The number of hydrogen-bond donors (Lipinski definition) is 0. The van der Waals surface area contributed by atoms with Crippen LogP contribution in [0.1, 0.15) is 41.0 Å². The van der Waals surface area contributed by atoms with Crippen LogP contribution in [0.15, 0.2) is 0 Å². The summed E-state index contributed by atoms with van der Waals surface area (Å²) in [6, 6.07) is 0.